The molecule has 1 aliphatic rings. The molecule has 0 spiro atoms. The summed E-state index contributed by atoms with van der Waals surface area (Å²) in [5.74, 6) is 0.286. The van der Waals surface area contributed by atoms with Gasteiger partial charge < -0.3 is 25.0 Å². The summed E-state index contributed by atoms with van der Waals surface area (Å²) in [5, 5.41) is 20.7. The molecule has 1 atom stereocenters. The number of carboxylic acid groups (broad SMARTS) is 1. The molecule has 1 unspecified atom stereocenters. The van der Waals surface area contributed by atoms with Crippen molar-refractivity contribution in [3.8, 4) is 11.5 Å². The molecular weight excluding hydrogens is 334 g/mol. The van der Waals surface area contributed by atoms with Gasteiger partial charge in [0.05, 0.1) is 19.8 Å². The normalized spacial score (nSPS) is 15.9. The van der Waals surface area contributed by atoms with Crippen LogP contribution in [0.4, 0.5) is 0 Å². The van der Waals surface area contributed by atoms with Crippen molar-refractivity contribution in [1.29, 1.82) is 0 Å². The first-order valence-corrected chi connectivity index (χ1v) is 8.62. The highest BCUT2D eigenvalue weighted by Crippen LogP contribution is 2.33. The number of benzene rings is 1. The molecule has 1 aromatic carbocycles. The van der Waals surface area contributed by atoms with Gasteiger partial charge in [-0.15, -0.1) is 11.8 Å². The molecule has 0 fully saturated rings. The summed E-state index contributed by atoms with van der Waals surface area (Å²) in [4.78, 5) is 23.4. The Morgan fingerprint density at radius 2 is 2.00 bits per heavy atom. The fourth-order valence-electron chi connectivity index (χ4n) is 1.93. The molecule has 0 saturated carbocycles. The fraction of sp³-hybridized carbons (Fsp3) is 0.500. The highest BCUT2D eigenvalue weighted by Gasteiger charge is 2.30. The number of fused-ring (bicyclic) bond motifs is 1. The van der Waals surface area contributed by atoms with Gasteiger partial charge in [0.15, 0.2) is 17.1 Å². The van der Waals surface area contributed by atoms with Crippen molar-refractivity contribution in [3.63, 3.8) is 0 Å². The van der Waals surface area contributed by atoms with Gasteiger partial charge in [0.1, 0.15) is 0 Å². The van der Waals surface area contributed by atoms with Crippen LogP contribution in [0.25, 0.3) is 0 Å². The van der Waals surface area contributed by atoms with Gasteiger partial charge in [-0.2, -0.15) is 0 Å². The molecule has 7 nitrogen and oxygen atoms in total. The van der Waals surface area contributed by atoms with Crippen LogP contribution in [-0.2, 0) is 9.59 Å². The van der Waals surface area contributed by atoms with E-state index in [0.29, 0.717) is 24.7 Å². The number of amides is 1. The molecule has 132 valence electrons. The van der Waals surface area contributed by atoms with Crippen LogP contribution in [0, 0.1) is 0 Å². The zero-order chi connectivity index (χ0) is 17.6. The molecule has 8 heteroatoms. The van der Waals surface area contributed by atoms with Crippen LogP contribution >= 0.6 is 11.8 Å². The lowest BCUT2D eigenvalue weighted by Crippen LogP contribution is -2.46. The van der Waals surface area contributed by atoms with Crippen molar-refractivity contribution in [2.45, 2.75) is 30.3 Å². The largest absolute Gasteiger partial charge is 0.490 e. The number of aliphatic carboxylic acids is 1. The molecule has 24 heavy (non-hydrogen) atoms. The third-order valence-electron chi connectivity index (χ3n) is 3.41. The van der Waals surface area contributed by atoms with Crippen molar-refractivity contribution in [3.05, 3.63) is 18.2 Å². The van der Waals surface area contributed by atoms with E-state index in [1.165, 1.54) is 11.8 Å². The standard InChI is InChI=1S/C16H21NO6S/c1-16(21,15(19)20)10-17-14(18)5-8-24-11-3-4-12-13(9-11)23-7-2-6-22-12/h3-4,9,21H,2,5-8,10H2,1H3,(H,17,18)(H,19,20). The third kappa shape index (κ3) is 5.31. The van der Waals surface area contributed by atoms with Crippen LogP contribution in [0.1, 0.15) is 19.8 Å². The maximum absolute atomic E-state index is 11.7. The van der Waals surface area contributed by atoms with E-state index >= 15 is 0 Å². The molecule has 1 heterocycles. The van der Waals surface area contributed by atoms with E-state index in [0.717, 1.165) is 24.0 Å². The van der Waals surface area contributed by atoms with Crippen molar-refractivity contribution in [1.82, 2.24) is 5.32 Å². The summed E-state index contributed by atoms with van der Waals surface area (Å²) in [7, 11) is 0. The van der Waals surface area contributed by atoms with Gasteiger partial charge in [-0.1, -0.05) is 0 Å². The second kappa shape index (κ2) is 8.25. The number of carbonyl (C=O) groups excluding carboxylic acids is 1. The highest BCUT2D eigenvalue weighted by atomic mass is 32.2. The summed E-state index contributed by atoms with van der Waals surface area (Å²) in [6.07, 6.45) is 1.06. The number of carbonyl (C=O) groups is 2. The minimum atomic E-state index is -1.96. The summed E-state index contributed by atoms with van der Waals surface area (Å²) in [6, 6.07) is 5.65. The van der Waals surface area contributed by atoms with Gasteiger partial charge in [-0.25, -0.2) is 4.79 Å². The number of nitrogens with one attached hydrogen (secondary N) is 1. The maximum Gasteiger partial charge on any atom is 0.337 e. The molecule has 0 radical (unpaired) electrons. The summed E-state index contributed by atoms with van der Waals surface area (Å²) >= 11 is 1.49. The minimum Gasteiger partial charge on any atom is -0.490 e. The van der Waals surface area contributed by atoms with E-state index in [9.17, 15) is 14.7 Å². The Balaban J connectivity index is 1.77. The van der Waals surface area contributed by atoms with Crippen molar-refractivity contribution in [2.24, 2.45) is 0 Å². The van der Waals surface area contributed by atoms with E-state index in [-0.39, 0.29) is 18.9 Å². The molecular formula is C16H21NO6S. The van der Waals surface area contributed by atoms with Crippen LogP contribution in [0.3, 0.4) is 0 Å². The number of rotatable bonds is 7. The molecule has 0 bridgehead atoms. The second-order valence-corrected chi connectivity index (χ2v) is 6.78. The lowest BCUT2D eigenvalue weighted by Gasteiger charge is -2.18. The second-order valence-electron chi connectivity index (χ2n) is 5.61. The predicted octanol–water partition coefficient (Wildman–Crippen LogP) is 1.28. The summed E-state index contributed by atoms with van der Waals surface area (Å²) in [5.41, 5.74) is -1.96. The zero-order valence-electron chi connectivity index (χ0n) is 13.4. The molecule has 0 aliphatic carbocycles. The Labute approximate surface area is 144 Å². The zero-order valence-corrected chi connectivity index (χ0v) is 14.2. The minimum absolute atomic E-state index is 0.217. The Hall–Kier alpha value is -1.93. The fourth-order valence-corrected chi connectivity index (χ4v) is 2.81. The van der Waals surface area contributed by atoms with Crippen LogP contribution in [0.2, 0.25) is 0 Å². The topological polar surface area (TPSA) is 105 Å². The number of aliphatic hydroxyl groups is 1. The van der Waals surface area contributed by atoms with Gasteiger partial charge in [0, 0.05) is 23.5 Å². The van der Waals surface area contributed by atoms with Crippen LogP contribution < -0.4 is 14.8 Å². The Morgan fingerprint density at radius 1 is 1.29 bits per heavy atom. The van der Waals surface area contributed by atoms with E-state index < -0.39 is 11.6 Å². The Kier molecular flexibility index (Phi) is 6.33. The van der Waals surface area contributed by atoms with E-state index in [1.807, 2.05) is 18.2 Å². The average molecular weight is 355 g/mol. The predicted molar refractivity (Wildman–Crippen MR) is 88.7 cm³/mol. The van der Waals surface area contributed by atoms with Crippen molar-refractivity contribution in [2.75, 3.05) is 25.5 Å². The SMILES string of the molecule is CC(O)(CNC(=O)CCSc1ccc2c(c1)OCCCO2)C(=O)O. The first kappa shape index (κ1) is 18.4. The molecule has 1 aromatic rings. The number of ether oxygens (including phenoxy) is 2. The number of hydrogen-bond donors (Lipinski definition) is 3. The number of hydrogen-bond acceptors (Lipinski definition) is 6. The lowest BCUT2D eigenvalue weighted by atomic mass is 10.1. The third-order valence-corrected chi connectivity index (χ3v) is 4.40. The first-order chi connectivity index (χ1) is 11.4. The van der Waals surface area contributed by atoms with Gasteiger partial charge in [0.25, 0.3) is 0 Å². The van der Waals surface area contributed by atoms with Gasteiger partial charge in [-0.05, 0) is 25.1 Å². The molecule has 0 aromatic heterocycles. The van der Waals surface area contributed by atoms with Crippen LogP contribution in [0.15, 0.2) is 23.1 Å². The first-order valence-electron chi connectivity index (χ1n) is 7.63. The Bertz CT molecular complexity index is 604. The highest BCUT2D eigenvalue weighted by molar-refractivity contribution is 7.99. The molecule has 2 rings (SSSR count). The van der Waals surface area contributed by atoms with E-state index in [1.54, 1.807) is 0 Å². The molecule has 1 amide bonds. The van der Waals surface area contributed by atoms with Gasteiger partial charge in [-0.3, -0.25) is 4.79 Å². The van der Waals surface area contributed by atoms with Crippen LogP contribution in [0.5, 0.6) is 11.5 Å². The van der Waals surface area contributed by atoms with Gasteiger partial charge >= 0.3 is 5.97 Å². The van der Waals surface area contributed by atoms with Crippen molar-refractivity contribution >= 4 is 23.6 Å². The molecule has 0 saturated heterocycles. The Morgan fingerprint density at radius 3 is 2.71 bits per heavy atom. The summed E-state index contributed by atoms with van der Waals surface area (Å²) in [6.45, 7) is 2.07. The van der Waals surface area contributed by atoms with Crippen molar-refractivity contribution < 1.29 is 29.3 Å². The van der Waals surface area contributed by atoms with Gasteiger partial charge in [0.2, 0.25) is 5.91 Å². The lowest BCUT2D eigenvalue weighted by molar-refractivity contribution is -0.156. The van der Waals surface area contributed by atoms with E-state index in [4.69, 9.17) is 14.6 Å². The molecule has 1 aliphatic heterocycles. The number of thioether (sulfide) groups is 1. The average Bonchev–Trinajstić information content (AvgIpc) is 2.77. The smallest absolute Gasteiger partial charge is 0.337 e. The number of carboxylic acids is 1. The van der Waals surface area contributed by atoms with Crippen LogP contribution in [-0.4, -0.2) is 53.2 Å². The summed E-state index contributed by atoms with van der Waals surface area (Å²) < 4.78 is 11.2. The maximum atomic E-state index is 11.7. The quantitative estimate of drug-likeness (QED) is 0.633. The molecule has 3 N–H and O–H groups in total. The van der Waals surface area contributed by atoms with E-state index in [2.05, 4.69) is 5.32 Å². The monoisotopic (exact) mass is 355 g/mol.